The second-order valence-corrected chi connectivity index (χ2v) is 3.82. The number of nitrogens with one attached hydrogen (secondary N) is 1. The van der Waals surface area contributed by atoms with Gasteiger partial charge in [-0.2, -0.15) is 0 Å². The van der Waals surface area contributed by atoms with Crippen LogP contribution in [0.4, 0.5) is 0 Å². The van der Waals surface area contributed by atoms with Crippen molar-refractivity contribution in [3.63, 3.8) is 0 Å². The van der Waals surface area contributed by atoms with Gasteiger partial charge in [0.15, 0.2) is 0 Å². The van der Waals surface area contributed by atoms with E-state index in [9.17, 15) is 4.79 Å². The van der Waals surface area contributed by atoms with Gasteiger partial charge < -0.3 is 4.90 Å². The van der Waals surface area contributed by atoms with Crippen LogP contribution in [0.1, 0.15) is 11.6 Å². The number of hydrogen-bond donors (Lipinski definition) is 2. The molecule has 1 N–H and O–H groups in total. The average Bonchev–Trinajstić information content (AvgIpc) is 2.47. The third-order valence-corrected chi connectivity index (χ3v) is 2.91. The minimum Gasteiger partial charge on any atom is -0.320 e. The van der Waals surface area contributed by atoms with Crippen molar-refractivity contribution in [2.75, 3.05) is 7.05 Å². The maximum Gasteiger partial charge on any atom is 0.246 e. The van der Waals surface area contributed by atoms with E-state index < -0.39 is 0 Å². The molecule has 1 aromatic carbocycles. The van der Waals surface area contributed by atoms with Crippen LogP contribution >= 0.6 is 12.6 Å². The molecule has 14 heavy (non-hydrogen) atoms. The molecule has 0 saturated carbocycles. The molecule has 1 fully saturated rings. The van der Waals surface area contributed by atoms with Gasteiger partial charge in [0, 0.05) is 7.05 Å². The maximum absolute atomic E-state index is 11.7. The van der Waals surface area contributed by atoms with Crippen molar-refractivity contribution in [1.29, 1.82) is 0 Å². The number of thiol groups is 1. The number of likely N-dealkylation sites (N-methyl/N-ethyl adjacent to an activating group) is 1. The van der Waals surface area contributed by atoms with Gasteiger partial charge in [0.05, 0.1) is 0 Å². The molecule has 0 radical (unpaired) electrons. The molecule has 74 valence electrons. The molecule has 1 saturated heterocycles. The minimum absolute atomic E-state index is 0.0659. The molecule has 2 rings (SSSR count). The summed E-state index contributed by atoms with van der Waals surface area (Å²) in [7, 11) is 1.75. The summed E-state index contributed by atoms with van der Waals surface area (Å²) in [4.78, 5) is 13.3. The molecular formula is C10H12N2OS. The maximum atomic E-state index is 11.7. The highest BCUT2D eigenvalue weighted by molar-refractivity contribution is 7.80. The first-order valence-corrected chi connectivity index (χ1v) is 4.97. The zero-order chi connectivity index (χ0) is 10.1. The Hall–Kier alpha value is -1.00. The van der Waals surface area contributed by atoms with Gasteiger partial charge in [-0.25, -0.2) is 0 Å². The Morgan fingerprint density at radius 3 is 2.50 bits per heavy atom. The van der Waals surface area contributed by atoms with E-state index in [1.54, 1.807) is 11.9 Å². The number of carbonyl (C=O) groups excluding carboxylic acids is 1. The molecule has 1 aliphatic rings. The Morgan fingerprint density at radius 2 is 2.00 bits per heavy atom. The highest BCUT2D eigenvalue weighted by Crippen LogP contribution is 2.23. The van der Waals surface area contributed by atoms with Gasteiger partial charge in [0.1, 0.15) is 11.5 Å². The number of nitrogens with zero attached hydrogens (tertiary/aromatic N) is 1. The van der Waals surface area contributed by atoms with Crippen LogP contribution in [0, 0.1) is 0 Å². The molecule has 0 aromatic heterocycles. The summed E-state index contributed by atoms with van der Waals surface area (Å²) in [5.41, 5.74) is 0.800. The lowest BCUT2D eigenvalue weighted by atomic mass is 10.1. The van der Waals surface area contributed by atoms with Crippen molar-refractivity contribution in [2.45, 2.75) is 11.5 Å². The van der Waals surface area contributed by atoms with Crippen molar-refractivity contribution in [3.05, 3.63) is 35.9 Å². The van der Waals surface area contributed by atoms with Crippen molar-refractivity contribution < 1.29 is 4.79 Å². The first-order valence-electron chi connectivity index (χ1n) is 4.46. The van der Waals surface area contributed by atoms with Gasteiger partial charge in [0.25, 0.3) is 0 Å². The Morgan fingerprint density at radius 1 is 1.36 bits per heavy atom. The third kappa shape index (κ3) is 1.51. The van der Waals surface area contributed by atoms with E-state index >= 15 is 0 Å². The van der Waals surface area contributed by atoms with Crippen LogP contribution in [-0.4, -0.2) is 23.4 Å². The largest absolute Gasteiger partial charge is 0.320 e. The van der Waals surface area contributed by atoms with E-state index in [1.165, 1.54) is 0 Å². The number of hydrogen-bond acceptors (Lipinski definition) is 3. The lowest BCUT2D eigenvalue weighted by Gasteiger charge is -2.11. The highest BCUT2D eigenvalue weighted by atomic mass is 32.1. The molecule has 0 spiro atoms. The van der Waals surface area contributed by atoms with E-state index in [-0.39, 0.29) is 17.4 Å². The van der Waals surface area contributed by atoms with Crippen molar-refractivity contribution >= 4 is 18.5 Å². The second kappa shape index (κ2) is 3.63. The van der Waals surface area contributed by atoms with Crippen molar-refractivity contribution in [2.24, 2.45) is 0 Å². The lowest BCUT2D eigenvalue weighted by molar-refractivity contribution is -0.128. The molecule has 1 aromatic rings. The summed E-state index contributed by atoms with van der Waals surface area (Å²) in [6, 6.07) is 9.42. The van der Waals surface area contributed by atoms with Gasteiger partial charge in [-0.3, -0.25) is 10.1 Å². The van der Waals surface area contributed by atoms with Crippen LogP contribution in [-0.2, 0) is 4.79 Å². The van der Waals surface area contributed by atoms with Crippen LogP contribution in [0.3, 0.4) is 0 Å². The van der Waals surface area contributed by atoms with Gasteiger partial charge >= 0.3 is 0 Å². The Balaban J connectivity index is 2.26. The summed E-state index contributed by atoms with van der Waals surface area (Å²) in [6.07, 6.45) is 0. The first kappa shape index (κ1) is 9.55. The van der Waals surface area contributed by atoms with E-state index in [0.29, 0.717) is 0 Å². The molecule has 0 bridgehead atoms. The fourth-order valence-electron chi connectivity index (χ4n) is 1.54. The summed E-state index contributed by atoms with van der Waals surface area (Å²) in [6.45, 7) is 0. The van der Waals surface area contributed by atoms with Crippen LogP contribution in [0.25, 0.3) is 0 Å². The third-order valence-electron chi connectivity index (χ3n) is 2.41. The smallest absolute Gasteiger partial charge is 0.246 e. The number of rotatable bonds is 1. The van der Waals surface area contributed by atoms with Gasteiger partial charge in [-0.05, 0) is 5.56 Å². The number of carbonyl (C=O) groups is 1. The summed E-state index contributed by atoms with van der Waals surface area (Å²) in [5.74, 6) is 0.0659. The molecule has 0 aliphatic carbocycles. The Kier molecular flexibility index (Phi) is 2.48. The van der Waals surface area contributed by atoms with Gasteiger partial charge in [-0.1, -0.05) is 30.3 Å². The average molecular weight is 208 g/mol. The topological polar surface area (TPSA) is 32.3 Å². The van der Waals surface area contributed by atoms with E-state index in [4.69, 9.17) is 0 Å². The minimum atomic E-state index is -0.247. The molecule has 1 heterocycles. The zero-order valence-electron chi connectivity index (χ0n) is 7.84. The van der Waals surface area contributed by atoms with Crippen LogP contribution in [0.2, 0.25) is 0 Å². The molecular weight excluding hydrogens is 196 g/mol. The van der Waals surface area contributed by atoms with E-state index in [2.05, 4.69) is 17.9 Å². The van der Waals surface area contributed by atoms with Crippen molar-refractivity contribution in [1.82, 2.24) is 10.2 Å². The molecule has 1 aliphatic heterocycles. The predicted molar refractivity (Wildman–Crippen MR) is 57.9 cm³/mol. The summed E-state index contributed by atoms with van der Waals surface area (Å²) in [5, 5.41) is 3.11. The standard InChI is InChI=1S/C10H12N2OS/c1-12-9(13)8(11-10(12)14)7-5-3-2-4-6-7/h2-6,8,10-11,14H,1H3. The van der Waals surface area contributed by atoms with E-state index in [1.807, 2.05) is 30.3 Å². The van der Waals surface area contributed by atoms with E-state index in [0.717, 1.165) is 5.56 Å². The van der Waals surface area contributed by atoms with Gasteiger partial charge in [-0.15, -0.1) is 12.6 Å². The second-order valence-electron chi connectivity index (χ2n) is 3.33. The number of amides is 1. The van der Waals surface area contributed by atoms with Gasteiger partial charge in [0.2, 0.25) is 5.91 Å². The molecule has 2 unspecified atom stereocenters. The zero-order valence-corrected chi connectivity index (χ0v) is 8.74. The Labute approximate surface area is 88.5 Å². The molecule has 4 heteroatoms. The molecule has 3 nitrogen and oxygen atoms in total. The fraction of sp³-hybridized carbons (Fsp3) is 0.300. The quantitative estimate of drug-likeness (QED) is 0.675. The van der Waals surface area contributed by atoms with Crippen LogP contribution in [0.5, 0.6) is 0 Å². The Bertz CT molecular complexity index is 341. The predicted octanol–water partition coefficient (Wildman–Crippen LogP) is 1.00. The summed E-state index contributed by atoms with van der Waals surface area (Å²) >= 11 is 4.25. The summed E-state index contributed by atoms with van der Waals surface area (Å²) < 4.78 is 0. The highest BCUT2D eigenvalue weighted by Gasteiger charge is 2.35. The number of benzene rings is 1. The molecule has 2 atom stereocenters. The first-order chi connectivity index (χ1) is 6.70. The monoisotopic (exact) mass is 208 g/mol. The molecule has 1 amide bonds. The van der Waals surface area contributed by atoms with Crippen LogP contribution in [0.15, 0.2) is 30.3 Å². The fourth-order valence-corrected chi connectivity index (χ4v) is 1.80. The lowest BCUT2D eigenvalue weighted by Crippen LogP contribution is -2.28. The normalized spacial score (nSPS) is 27.0. The van der Waals surface area contributed by atoms with Crippen LogP contribution < -0.4 is 5.32 Å². The van der Waals surface area contributed by atoms with Crippen molar-refractivity contribution in [3.8, 4) is 0 Å². The SMILES string of the molecule is CN1C(=O)C(c2ccccc2)NC1S.